The maximum Gasteiger partial charge on any atom is 0.241 e. The lowest BCUT2D eigenvalue weighted by Gasteiger charge is -2.34. The van der Waals surface area contributed by atoms with Crippen molar-refractivity contribution in [1.29, 1.82) is 0 Å². The van der Waals surface area contributed by atoms with Gasteiger partial charge in [-0.15, -0.1) is 0 Å². The average molecular weight is 444 g/mol. The van der Waals surface area contributed by atoms with Crippen LogP contribution in [0.5, 0.6) is 0 Å². The molecule has 0 aliphatic carbocycles. The minimum Gasteiger partial charge on any atom is -0.348 e. The van der Waals surface area contributed by atoms with Crippen LogP contribution in [0.25, 0.3) is 0 Å². The van der Waals surface area contributed by atoms with E-state index in [9.17, 15) is 9.59 Å². The number of nitrogens with zero attached hydrogens (tertiary/aromatic N) is 1. The van der Waals surface area contributed by atoms with Crippen molar-refractivity contribution >= 4 is 17.5 Å². The molecule has 0 spiro atoms. The number of hydrogen-bond acceptors (Lipinski definition) is 3. The normalized spacial score (nSPS) is 28.8. The van der Waals surface area contributed by atoms with Gasteiger partial charge in [-0.25, -0.2) is 4.90 Å². The standard InChI is InChI=1S/C30H21NO3/c32-27-25-26(28(33)31(27)22-16-8-3-9-17-22)30(21-14-6-2-7-15-21)24-19-11-10-18-23(24)29(25,34-30)20-12-4-1-5-13-20/h1-19,25-26H/t25-,26+,29+,30-. The maximum absolute atomic E-state index is 14.2. The molecule has 3 aliphatic heterocycles. The molecule has 4 nitrogen and oxygen atoms in total. The topological polar surface area (TPSA) is 46.6 Å². The Balaban J connectivity index is 1.57. The molecule has 4 aromatic rings. The van der Waals surface area contributed by atoms with Gasteiger partial charge in [0.15, 0.2) is 0 Å². The van der Waals surface area contributed by atoms with Crippen LogP contribution in [0.1, 0.15) is 22.3 Å². The van der Waals surface area contributed by atoms with Crippen LogP contribution in [0.3, 0.4) is 0 Å². The first-order valence-electron chi connectivity index (χ1n) is 11.5. The third-order valence-corrected chi connectivity index (χ3v) is 7.65. The summed E-state index contributed by atoms with van der Waals surface area (Å²) in [6.07, 6.45) is 0. The number of amides is 2. The summed E-state index contributed by atoms with van der Waals surface area (Å²) in [5, 5.41) is 0. The van der Waals surface area contributed by atoms with Gasteiger partial charge in [0.2, 0.25) is 11.8 Å². The Morgan fingerprint density at radius 1 is 0.529 bits per heavy atom. The van der Waals surface area contributed by atoms with Crippen molar-refractivity contribution in [2.24, 2.45) is 11.8 Å². The third kappa shape index (κ3) is 2.17. The Labute approximate surface area is 197 Å². The van der Waals surface area contributed by atoms with E-state index in [1.165, 1.54) is 4.90 Å². The number of para-hydroxylation sites is 1. The Morgan fingerprint density at radius 3 is 1.35 bits per heavy atom. The molecule has 2 bridgehead atoms. The molecule has 2 fully saturated rings. The lowest BCUT2D eigenvalue weighted by molar-refractivity contribution is -0.131. The highest BCUT2D eigenvalue weighted by Gasteiger charge is 2.78. The zero-order valence-electron chi connectivity index (χ0n) is 18.3. The van der Waals surface area contributed by atoms with E-state index in [4.69, 9.17) is 4.74 Å². The van der Waals surface area contributed by atoms with Gasteiger partial charge in [0, 0.05) is 0 Å². The number of benzene rings is 4. The summed E-state index contributed by atoms with van der Waals surface area (Å²) in [5.41, 5.74) is 2.21. The quantitative estimate of drug-likeness (QED) is 0.418. The first kappa shape index (κ1) is 19.4. The second-order valence-electron chi connectivity index (χ2n) is 9.15. The number of rotatable bonds is 3. The van der Waals surface area contributed by atoms with Crippen LogP contribution in [0.15, 0.2) is 115 Å². The zero-order valence-corrected chi connectivity index (χ0v) is 18.3. The van der Waals surface area contributed by atoms with E-state index in [-0.39, 0.29) is 11.8 Å². The average Bonchev–Trinajstić information content (AvgIpc) is 3.50. The highest BCUT2D eigenvalue weighted by Crippen LogP contribution is 2.70. The van der Waals surface area contributed by atoms with Crippen LogP contribution in [0, 0.1) is 11.8 Å². The van der Waals surface area contributed by atoms with E-state index in [0.29, 0.717) is 5.69 Å². The Morgan fingerprint density at radius 2 is 0.912 bits per heavy atom. The summed E-state index contributed by atoms with van der Waals surface area (Å²) < 4.78 is 7.11. The van der Waals surface area contributed by atoms with E-state index in [2.05, 4.69) is 0 Å². The predicted molar refractivity (Wildman–Crippen MR) is 128 cm³/mol. The molecule has 164 valence electrons. The molecule has 4 aromatic carbocycles. The molecule has 4 heteroatoms. The van der Waals surface area contributed by atoms with Crippen LogP contribution in [0.4, 0.5) is 5.69 Å². The van der Waals surface area contributed by atoms with Crippen molar-refractivity contribution < 1.29 is 14.3 Å². The van der Waals surface area contributed by atoms with Crippen molar-refractivity contribution in [3.05, 3.63) is 138 Å². The van der Waals surface area contributed by atoms with Crippen LogP contribution >= 0.6 is 0 Å². The summed E-state index contributed by atoms with van der Waals surface area (Å²) in [7, 11) is 0. The molecule has 7 rings (SSSR count). The zero-order chi connectivity index (χ0) is 22.9. The number of carbonyl (C=O) groups excluding carboxylic acids is 2. The van der Waals surface area contributed by atoms with Gasteiger partial charge in [0.1, 0.15) is 11.2 Å². The van der Waals surface area contributed by atoms with E-state index < -0.39 is 23.0 Å². The molecule has 0 aromatic heterocycles. The fraction of sp³-hybridized carbons (Fsp3) is 0.133. The van der Waals surface area contributed by atoms with Crippen molar-refractivity contribution in [3.8, 4) is 0 Å². The van der Waals surface area contributed by atoms with Crippen LogP contribution in [-0.4, -0.2) is 11.8 Å². The second kappa shape index (κ2) is 6.75. The first-order chi connectivity index (χ1) is 16.7. The maximum atomic E-state index is 14.2. The fourth-order valence-electron chi connectivity index (χ4n) is 6.44. The van der Waals surface area contributed by atoms with Crippen molar-refractivity contribution in [2.75, 3.05) is 4.90 Å². The number of imide groups is 1. The summed E-state index contributed by atoms with van der Waals surface area (Å²) in [6, 6.07) is 37.0. The molecule has 3 heterocycles. The number of carbonyl (C=O) groups is 2. The highest BCUT2D eigenvalue weighted by atomic mass is 16.5. The van der Waals surface area contributed by atoms with E-state index in [1.54, 1.807) is 0 Å². The van der Waals surface area contributed by atoms with E-state index in [1.807, 2.05) is 115 Å². The molecule has 0 saturated carbocycles. The molecule has 0 radical (unpaired) electrons. The summed E-state index contributed by atoms with van der Waals surface area (Å²) in [4.78, 5) is 29.7. The third-order valence-electron chi connectivity index (χ3n) is 7.65. The summed E-state index contributed by atoms with van der Waals surface area (Å²) >= 11 is 0. The van der Waals surface area contributed by atoms with Gasteiger partial charge < -0.3 is 4.74 Å². The molecule has 34 heavy (non-hydrogen) atoms. The summed E-state index contributed by atoms with van der Waals surface area (Å²) in [6.45, 7) is 0. The van der Waals surface area contributed by atoms with Gasteiger partial charge in [-0.2, -0.15) is 0 Å². The molecule has 4 atom stereocenters. The van der Waals surface area contributed by atoms with Gasteiger partial charge in [-0.05, 0) is 34.4 Å². The van der Waals surface area contributed by atoms with Crippen LogP contribution in [0.2, 0.25) is 0 Å². The SMILES string of the molecule is O=C1[C@@H]2[C@H](C(=O)N1c1ccccc1)[C@@]1(c3ccccc3)O[C@]2(c2ccccc2)c2ccccc21. The van der Waals surface area contributed by atoms with Crippen molar-refractivity contribution in [2.45, 2.75) is 11.2 Å². The number of fused-ring (bicyclic) bond motifs is 8. The van der Waals surface area contributed by atoms with Crippen molar-refractivity contribution in [3.63, 3.8) is 0 Å². The van der Waals surface area contributed by atoms with E-state index in [0.717, 1.165) is 22.3 Å². The lowest BCUT2D eigenvalue weighted by Crippen LogP contribution is -2.42. The van der Waals surface area contributed by atoms with Gasteiger partial charge in [-0.1, -0.05) is 103 Å². The minimum absolute atomic E-state index is 0.211. The Hall–Kier alpha value is -4.02. The Kier molecular flexibility index (Phi) is 3.86. The Bertz CT molecular complexity index is 1350. The fourth-order valence-corrected chi connectivity index (χ4v) is 6.44. The number of ether oxygens (including phenoxy) is 1. The van der Waals surface area contributed by atoms with Gasteiger partial charge in [-0.3, -0.25) is 9.59 Å². The number of anilines is 1. The smallest absolute Gasteiger partial charge is 0.241 e. The molecule has 2 amide bonds. The monoisotopic (exact) mass is 443 g/mol. The van der Waals surface area contributed by atoms with Crippen molar-refractivity contribution in [1.82, 2.24) is 0 Å². The molecule has 0 N–H and O–H groups in total. The first-order valence-corrected chi connectivity index (χ1v) is 11.5. The molecule has 0 unspecified atom stereocenters. The van der Waals surface area contributed by atoms with Gasteiger partial charge in [0.25, 0.3) is 0 Å². The molecular formula is C30H21NO3. The lowest BCUT2D eigenvalue weighted by atomic mass is 9.61. The predicted octanol–water partition coefficient (Wildman–Crippen LogP) is 5.02. The largest absolute Gasteiger partial charge is 0.348 e. The van der Waals surface area contributed by atoms with Gasteiger partial charge >= 0.3 is 0 Å². The minimum atomic E-state index is -1.05. The highest BCUT2D eigenvalue weighted by molar-refractivity contribution is 6.24. The van der Waals surface area contributed by atoms with Crippen LogP contribution < -0.4 is 4.90 Å². The summed E-state index contributed by atoms with van der Waals surface area (Å²) in [5.74, 6) is -1.76. The molecule has 3 aliphatic rings. The van der Waals surface area contributed by atoms with Crippen LogP contribution in [-0.2, 0) is 25.5 Å². The van der Waals surface area contributed by atoms with Gasteiger partial charge in [0.05, 0.1) is 17.5 Å². The van der Waals surface area contributed by atoms with E-state index >= 15 is 0 Å². The molecular weight excluding hydrogens is 422 g/mol. The molecule has 2 saturated heterocycles. The number of hydrogen-bond donors (Lipinski definition) is 0. The second-order valence-corrected chi connectivity index (χ2v) is 9.15.